The molecule has 1 unspecified atom stereocenters. The van der Waals surface area contributed by atoms with Crippen LogP contribution in [0, 0.1) is 29.6 Å². The minimum Gasteiger partial charge on any atom is -0.353 e. The summed E-state index contributed by atoms with van der Waals surface area (Å²) in [5.74, 6) is 4.40. The van der Waals surface area contributed by atoms with E-state index in [9.17, 15) is 4.79 Å². The van der Waals surface area contributed by atoms with Crippen molar-refractivity contribution in [2.45, 2.75) is 64.3 Å². The first-order valence-electron chi connectivity index (χ1n) is 8.65. The summed E-state index contributed by atoms with van der Waals surface area (Å²) in [6.45, 7) is 2.93. The molecule has 3 N–H and O–H groups in total. The molecule has 4 fully saturated rings. The van der Waals surface area contributed by atoms with Gasteiger partial charge in [-0.25, -0.2) is 0 Å². The summed E-state index contributed by atoms with van der Waals surface area (Å²) in [5, 5.41) is 3.39. The lowest BCUT2D eigenvalue weighted by atomic mass is 9.54. The third-order valence-corrected chi connectivity index (χ3v) is 6.08. The standard InChI is InChI=1S/C17H30N2O/c1-11(4-5-18)2-3-16(20)19-17-14-7-12-6-13(9-14)10-15(17)8-12/h11-15,17H,2-10,18H2,1H3,(H,19,20). The monoisotopic (exact) mass is 278 g/mol. The third kappa shape index (κ3) is 3.03. The van der Waals surface area contributed by atoms with Crippen LogP contribution in [-0.2, 0) is 4.79 Å². The summed E-state index contributed by atoms with van der Waals surface area (Å²) < 4.78 is 0. The number of hydrogen-bond acceptors (Lipinski definition) is 2. The summed E-state index contributed by atoms with van der Waals surface area (Å²) in [5.41, 5.74) is 5.56. The molecule has 20 heavy (non-hydrogen) atoms. The smallest absolute Gasteiger partial charge is 0.220 e. The molecule has 4 aliphatic rings. The lowest BCUT2D eigenvalue weighted by molar-refractivity contribution is -0.125. The van der Waals surface area contributed by atoms with Crippen molar-refractivity contribution >= 4 is 5.91 Å². The van der Waals surface area contributed by atoms with Gasteiger partial charge in [0, 0.05) is 12.5 Å². The van der Waals surface area contributed by atoms with Gasteiger partial charge in [0.1, 0.15) is 0 Å². The van der Waals surface area contributed by atoms with E-state index in [-0.39, 0.29) is 5.91 Å². The van der Waals surface area contributed by atoms with Gasteiger partial charge in [0.25, 0.3) is 0 Å². The van der Waals surface area contributed by atoms with Crippen molar-refractivity contribution in [1.29, 1.82) is 0 Å². The van der Waals surface area contributed by atoms with Crippen molar-refractivity contribution in [3.63, 3.8) is 0 Å². The van der Waals surface area contributed by atoms with Gasteiger partial charge in [-0.15, -0.1) is 0 Å². The zero-order valence-electron chi connectivity index (χ0n) is 12.8. The summed E-state index contributed by atoms with van der Waals surface area (Å²) >= 11 is 0. The van der Waals surface area contributed by atoms with E-state index >= 15 is 0 Å². The maximum atomic E-state index is 12.2. The Hall–Kier alpha value is -0.570. The maximum Gasteiger partial charge on any atom is 0.220 e. The molecule has 0 heterocycles. The SMILES string of the molecule is CC(CCN)CCC(=O)NC1C2CC3CC(C2)CC1C3. The molecule has 3 nitrogen and oxygen atoms in total. The number of hydrogen-bond donors (Lipinski definition) is 2. The van der Waals surface area contributed by atoms with Gasteiger partial charge in [-0.3, -0.25) is 4.79 Å². The van der Waals surface area contributed by atoms with E-state index < -0.39 is 0 Å². The van der Waals surface area contributed by atoms with Crippen molar-refractivity contribution in [3.8, 4) is 0 Å². The van der Waals surface area contributed by atoms with E-state index in [4.69, 9.17) is 5.73 Å². The predicted octanol–water partition coefficient (Wildman–Crippen LogP) is 2.69. The molecule has 1 atom stereocenters. The summed E-state index contributed by atoms with van der Waals surface area (Å²) in [6, 6.07) is 0.500. The number of nitrogens with one attached hydrogen (secondary N) is 1. The Morgan fingerprint density at radius 1 is 1.10 bits per heavy atom. The van der Waals surface area contributed by atoms with E-state index in [1.165, 1.54) is 32.1 Å². The quantitative estimate of drug-likeness (QED) is 0.785. The van der Waals surface area contributed by atoms with Crippen molar-refractivity contribution in [1.82, 2.24) is 5.32 Å². The Morgan fingerprint density at radius 3 is 2.25 bits per heavy atom. The van der Waals surface area contributed by atoms with E-state index in [0.717, 1.165) is 43.1 Å². The van der Waals surface area contributed by atoms with Crippen LogP contribution in [0.25, 0.3) is 0 Å². The van der Waals surface area contributed by atoms with E-state index in [1.54, 1.807) is 0 Å². The highest BCUT2D eigenvalue weighted by molar-refractivity contribution is 5.76. The van der Waals surface area contributed by atoms with E-state index in [1.807, 2.05) is 0 Å². The second-order valence-electron chi connectivity index (χ2n) is 7.75. The van der Waals surface area contributed by atoms with Crippen LogP contribution in [0.15, 0.2) is 0 Å². The summed E-state index contributed by atoms with van der Waals surface area (Å²) in [6.07, 6.45) is 9.68. The molecular formula is C17H30N2O. The molecule has 4 aliphatic carbocycles. The highest BCUT2D eigenvalue weighted by Crippen LogP contribution is 2.53. The molecule has 0 aliphatic heterocycles. The fourth-order valence-corrected chi connectivity index (χ4v) is 5.23. The van der Waals surface area contributed by atoms with Crippen molar-refractivity contribution in [2.24, 2.45) is 35.3 Å². The Kier molecular flexibility index (Phi) is 4.34. The topological polar surface area (TPSA) is 55.1 Å². The highest BCUT2D eigenvalue weighted by Gasteiger charge is 2.48. The van der Waals surface area contributed by atoms with Gasteiger partial charge >= 0.3 is 0 Å². The van der Waals surface area contributed by atoms with Crippen LogP contribution < -0.4 is 11.1 Å². The molecule has 1 amide bonds. The highest BCUT2D eigenvalue weighted by atomic mass is 16.1. The van der Waals surface area contributed by atoms with Gasteiger partial charge < -0.3 is 11.1 Å². The van der Waals surface area contributed by atoms with E-state index in [2.05, 4.69) is 12.2 Å². The number of rotatable bonds is 6. The Bertz CT molecular complexity index is 327. The molecule has 0 spiro atoms. The molecule has 0 aromatic heterocycles. The summed E-state index contributed by atoms with van der Waals surface area (Å²) in [4.78, 5) is 12.2. The van der Waals surface area contributed by atoms with Gasteiger partial charge in [-0.2, -0.15) is 0 Å². The first-order chi connectivity index (χ1) is 9.65. The van der Waals surface area contributed by atoms with Crippen LogP contribution >= 0.6 is 0 Å². The average molecular weight is 278 g/mol. The van der Waals surface area contributed by atoms with Gasteiger partial charge in [0.05, 0.1) is 0 Å². The minimum atomic E-state index is 0.284. The zero-order chi connectivity index (χ0) is 14.1. The van der Waals surface area contributed by atoms with Crippen molar-refractivity contribution < 1.29 is 4.79 Å². The van der Waals surface area contributed by atoms with Crippen LogP contribution in [0.3, 0.4) is 0 Å². The summed E-state index contributed by atoms with van der Waals surface area (Å²) in [7, 11) is 0. The molecule has 0 radical (unpaired) electrons. The largest absolute Gasteiger partial charge is 0.353 e. The average Bonchev–Trinajstić information content (AvgIpc) is 2.40. The van der Waals surface area contributed by atoms with Gasteiger partial charge in [-0.05, 0) is 81.1 Å². The molecule has 4 rings (SSSR count). The molecular weight excluding hydrogens is 248 g/mol. The minimum absolute atomic E-state index is 0.284. The molecule has 0 saturated heterocycles. The molecule has 3 heteroatoms. The molecule has 0 aromatic carbocycles. The molecule has 114 valence electrons. The van der Waals surface area contributed by atoms with Gasteiger partial charge in [0.15, 0.2) is 0 Å². The molecule has 4 saturated carbocycles. The normalized spacial score (nSPS) is 39.8. The van der Waals surface area contributed by atoms with Crippen LogP contribution in [0.2, 0.25) is 0 Å². The van der Waals surface area contributed by atoms with E-state index in [0.29, 0.717) is 18.4 Å². The fraction of sp³-hybridized carbons (Fsp3) is 0.941. The Balaban J connectivity index is 1.47. The fourth-order valence-electron chi connectivity index (χ4n) is 5.23. The second-order valence-corrected chi connectivity index (χ2v) is 7.75. The van der Waals surface area contributed by atoms with Crippen molar-refractivity contribution in [3.05, 3.63) is 0 Å². The number of amides is 1. The number of carbonyl (C=O) groups excluding carboxylic acids is 1. The Morgan fingerprint density at radius 2 is 1.70 bits per heavy atom. The lowest BCUT2D eigenvalue weighted by Crippen LogP contribution is -2.55. The van der Waals surface area contributed by atoms with Crippen LogP contribution in [0.1, 0.15) is 58.3 Å². The van der Waals surface area contributed by atoms with Crippen LogP contribution in [-0.4, -0.2) is 18.5 Å². The number of nitrogens with two attached hydrogens (primary N) is 1. The third-order valence-electron chi connectivity index (χ3n) is 6.08. The first kappa shape index (κ1) is 14.4. The molecule has 4 bridgehead atoms. The molecule has 0 aromatic rings. The predicted molar refractivity (Wildman–Crippen MR) is 81.0 cm³/mol. The maximum absolute atomic E-state index is 12.2. The first-order valence-corrected chi connectivity index (χ1v) is 8.65. The number of carbonyl (C=O) groups is 1. The van der Waals surface area contributed by atoms with Gasteiger partial charge in [0.2, 0.25) is 5.91 Å². The second kappa shape index (κ2) is 6.05. The lowest BCUT2D eigenvalue weighted by Gasteiger charge is -2.54. The van der Waals surface area contributed by atoms with Crippen molar-refractivity contribution in [2.75, 3.05) is 6.54 Å². The van der Waals surface area contributed by atoms with Crippen LogP contribution in [0.4, 0.5) is 0 Å². The van der Waals surface area contributed by atoms with Crippen LogP contribution in [0.5, 0.6) is 0 Å². The Labute approximate surface area is 123 Å². The zero-order valence-corrected chi connectivity index (χ0v) is 12.8. The van der Waals surface area contributed by atoms with Gasteiger partial charge in [-0.1, -0.05) is 6.92 Å².